The molecule has 0 N–H and O–H groups in total. The molecule has 0 bridgehead atoms. The van der Waals surface area contributed by atoms with Crippen LogP contribution in [0.1, 0.15) is 5.56 Å². The van der Waals surface area contributed by atoms with E-state index in [-0.39, 0.29) is 6.71 Å². The second kappa shape index (κ2) is 15.7. The number of hydrogen-bond donors (Lipinski definition) is 0. The molecule has 0 aliphatic carbocycles. The summed E-state index contributed by atoms with van der Waals surface area (Å²) < 4.78 is 0. The zero-order chi connectivity index (χ0) is 40.0. The molecule has 11 rings (SSSR count). The molecule has 0 radical (unpaired) electrons. The number of nitrogens with zero attached hydrogens (tertiary/aromatic N) is 1. The highest BCUT2D eigenvalue weighted by Crippen LogP contribution is 2.47. The summed E-state index contributed by atoms with van der Waals surface area (Å²) in [5.74, 6) is 0. The first-order valence-corrected chi connectivity index (χ1v) is 24.0. The Hall–Kier alpha value is -6.24. The fourth-order valence-corrected chi connectivity index (χ4v) is 14.9. The van der Waals surface area contributed by atoms with E-state index in [0.29, 0.717) is 0 Å². The molecule has 0 saturated heterocycles. The van der Waals surface area contributed by atoms with E-state index in [1.807, 2.05) is 23.5 Å². The Morgan fingerprint density at radius 1 is 0.400 bits per heavy atom. The molecule has 0 fully saturated rings. The molecule has 60 heavy (non-hydrogen) atoms. The highest BCUT2D eigenvalue weighted by molar-refractivity contribution is 8.01. The number of aryl methyl sites for hydroxylation is 1. The first-order chi connectivity index (χ1) is 29.7. The fourth-order valence-electron chi connectivity index (χ4n) is 9.26. The number of rotatable bonds is 8. The number of benzene rings is 9. The Labute approximate surface area is 363 Å². The van der Waals surface area contributed by atoms with Gasteiger partial charge >= 0.3 is 0 Å². The zero-order valence-corrected chi connectivity index (χ0v) is 36.0. The maximum Gasteiger partial charge on any atom is 0.247 e. The van der Waals surface area contributed by atoms with Crippen molar-refractivity contribution in [3.05, 3.63) is 224 Å². The van der Waals surface area contributed by atoms with E-state index < -0.39 is 8.80 Å². The van der Waals surface area contributed by atoms with Gasteiger partial charge in [0.05, 0.1) is 5.69 Å². The minimum absolute atomic E-state index is 0.0690. The Kier molecular flexibility index (Phi) is 9.66. The molecule has 0 amide bonds. The molecule has 0 saturated carbocycles. The van der Waals surface area contributed by atoms with E-state index >= 15 is 0 Å². The van der Waals surface area contributed by atoms with Gasteiger partial charge in [-0.15, -0.1) is 0 Å². The van der Waals surface area contributed by atoms with E-state index in [4.69, 9.17) is 0 Å². The minimum Gasteiger partial charge on any atom is -0.309 e. The van der Waals surface area contributed by atoms with Crippen molar-refractivity contribution >= 4 is 88.0 Å². The molecule has 9 aromatic carbocycles. The standard InChI is InChI=1S/C55H40BNS2Si/c1-38-18-14-15-27-47(38)57(48-28-16-17-29-53(48)60(43-23-10-4-11-24-43)44-25-12-5-13-26-44)49-32-35-52-54-55(49)59-51-34-31-42(40-21-8-3-9-22-40)37-46(51)56(54)45-36-41(30-33-50(45)58-52)39-19-6-2-7-20-39/h2-37,60H,1H3. The third-order valence-corrected chi connectivity index (χ3v) is 17.7. The van der Waals surface area contributed by atoms with Gasteiger partial charge in [-0.25, -0.2) is 0 Å². The molecule has 0 unspecified atom stereocenters. The van der Waals surface area contributed by atoms with Crippen LogP contribution in [0.3, 0.4) is 0 Å². The molecular formula is C55H40BNS2Si. The molecule has 2 aliphatic rings. The average Bonchev–Trinajstić information content (AvgIpc) is 3.31. The summed E-state index contributed by atoms with van der Waals surface area (Å²) in [7, 11) is -1.94. The maximum absolute atomic E-state index is 2.60. The van der Waals surface area contributed by atoms with Crippen LogP contribution in [0.4, 0.5) is 17.1 Å². The summed E-state index contributed by atoms with van der Waals surface area (Å²) in [6, 6.07) is 81.3. The zero-order valence-electron chi connectivity index (χ0n) is 33.2. The third-order valence-electron chi connectivity index (χ3n) is 12.1. The highest BCUT2D eigenvalue weighted by atomic mass is 32.2. The van der Waals surface area contributed by atoms with Crippen molar-refractivity contribution in [3.8, 4) is 22.3 Å². The Morgan fingerprint density at radius 2 is 0.883 bits per heavy atom. The van der Waals surface area contributed by atoms with Crippen LogP contribution in [-0.4, -0.2) is 15.5 Å². The van der Waals surface area contributed by atoms with Crippen molar-refractivity contribution in [2.24, 2.45) is 0 Å². The normalized spacial score (nSPS) is 12.4. The Morgan fingerprint density at radius 3 is 1.47 bits per heavy atom. The smallest absolute Gasteiger partial charge is 0.247 e. The van der Waals surface area contributed by atoms with Crippen molar-refractivity contribution in [2.45, 2.75) is 26.5 Å². The van der Waals surface area contributed by atoms with Gasteiger partial charge in [-0.1, -0.05) is 227 Å². The molecule has 9 aromatic rings. The molecular weight excluding hydrogens is 778 g/mol. The van der Waals surface area contributed by atoms with Crippen LogP contribution in [0.5, 0.6) is 0 Å². The lowest BCUT2D eigenvalue weighted by atomic mass is 9.36. The molecule has 1 nitrogen and oxygen atoms in total. The van der Waals surface area contributed by atoms with Crippen molar-refractivity contribution in [3.63, 3.8) is 0 Å². The summed E-state index contributed by atoms with van der Waals surface area (Å²) in [5, 5.41) is 4.22. The van der Waals surface area contributed by atoms with Crippen LogP contribution >= 0.6 is 23.5 Å². The molecule has 284 valence electrons. The highest BCUT2D eigenvalue weighted by Gasteiger charge is 2.41. The average molecular weight is 818 g/mol. The largest absolute Gasteiger partial charge is 0.309 e. The van der Waals surface area contributed by atoms with Crippen molar-refractivity contribution in [1.82, 2.24) is 0 Å². The Bertz CT molecular complexity index is 2920. The van der Waals surface area contributed by atoms with Gasteiger partial charge in [0, 0.05) is 31.0 Å². The first-order valence-electron chi connectivity index (χ1n) is 20.7. The number of hydrogen-bond acceptors (Lipinski definition) is 3. The van der Waals surface area contributed by atoms with Gasteiger partial charge in [-0.2, -0.15) is 0 Å². The lowest BCUT2D eigenvalue weighted by molar-refractivity contribution is 1.20. The van der Waals surface area contributed by atoms with Gasteiger partial charge in [-0.3, -0.25) is 0 Å². The van der Waals surface area contributed by atoms with Crippen LogP contribution in [-0.2, 0) is 0 Å². The lowest BCUT2D eigenvalue weighted by Gasteiger charge is -2.38. The predicted octanol–water partition coefficient (Wildman–Crippen LogP) is 10.5. The monoisotopic (exact) mass is 817 g/mol. The van der Waals surface area contributed by atoms with Gasteiger partial charge in [0.25, 0.3) is 0 Å². The van der Waals surface area contributed by atoms with E-state index in [9.17, 15) is 0 Å². The molecule has 2 aliphatic heterocycles. The van der Waals surface area contributed by atoms with E-state index in [2.05, 4.69) is 230 Å². The number of fused-ring (bicyclic) bond motifs is 4. The van der Waals surface area contributed by atoms with Crippen molar-refractivity contribution in [1.29, 1.82) is 0 Å². The molecule has 0 atom stereocenters. The van der Waals surface area contributed by atoms with E-state index in [1.165, 1.54) is 96.4 Å². The predicted molar refractivity (Wildman–Crippen MR) is 261 cm³/mol. The lowest BCUT2D eigenvalue weighted by Crippen LogP contribution is -2.58. The SMILES string of the molecule is Cc1ccccc1N(c1ccccc1[SiH](c1ccccc1)c1ccccc1)c1ccc2c3c1Sc1ccc(-c4ccccc4)cc1B3c1cc(-c3ccccc3)ccc1S2. The van der Waals surface area contributed by atoms with Gasteiger partial charge in [0.15, 0.2) is 0 Å². The number of anilines is 3. The fraction of sp³-hybridized carbons (Fsp3) is 0.0182. The summed E-state index contributed by atoms with van der Waals surface area (Å²) in [5.41, 5.74) is 14.1. The molecule has 0 spiro atoms. The molecule has 0 aromatic heterocycles. The molecule has 5 heteroatoms. The maximum atomic E-state index is 2.60. The Balaban J connectivity index is 1.16. The summed E-state index contributed by atoms with van der Waals surface area (Å²) in [6.07, 6.45) is 0. The summed E-state index contributed by atoms with van der Waals surface area (Å²) in [4.78, 5) is 7.90. The second-order valence-electron chi connectivity index (χ2n) is 15.6. The van der Waals surface area contributed by atoms with E-state index in [0.717, 1.165) is 0 Å². The minimum atomic E-state index is -1.94. The van der Waals surface area contributed by atoms with Crippen LogP contribution in [0, 0.1) is 6.92 Å². The topological polar surface area (TPSA) is 3.24 Å². The van der Waals surface area contributed by atoms with Gasteiger partial charge in [-0.05, 0) is 81.8 Å². The van der Waals surface area contributed by atoms with Gasteiger partial charge in [0.2, 0.25) is 6.71 Å². The van der Waals surface area contributed by atoms with Crippen LogP contribution in [0.15, 0.2) is 238 Å². The number of para-hydroxylation sites is 2. The van der Waals surface area contributed by atoms with Crippen molar-refractivity contribution < 1.29 is 0 Å². The second-order valence-corrected chi connectivity index (χ2v) is 20.6. The first kappa shape index (κ1) is 36.8. The van der Waals surface area contributed by atoms with E-state index in [1.54, 1.807) is 0 Å². The quantitative estimate of drug-likeness (QED) is 0.111. The summed E-state index contributed by atoms with van der Waals surface area (Å²) in [6.45, 7) is 2.32. The van der Waals surface area contributed by atoms with Gasteiger partial charge in [0.1, 0.15) is 8.80 Å². The third kappa shape index (κ3) is 6.54. The van der Waals surface area contributed by atoms with Crippen molar-refractivity contribution in [2.75, 3.05) is 4.90 Å². The van der Waals surface area contributed by atoms with Crippen LogP contribution in [0.2, 0.25) is 0 Å². The van der Waals surface area contributed by atoms with Gasteiger partial charge < -0.3 is 4.90 Å². The summed E-state index contributed by atoms with van der Waals surface area (Å²) >= 11 is 3.86. The van der Waals surface area contributed by atoms with Crippen LogP contribution in [0.25, 0.3) is 22.3 Å². The van der Waals surface area contributed by atoms with Crippen LogP contribution < -0.4 is 36.8 Å². The molecule has 2 heterocycles.